The molecule has 6 aromatic rings. The van der Waals surface area contributed by atoms with E-state index in [0.29, 0.717) is 17.2 Å². The van der Waals surface area contributed by atoms with Crippen molar-refractivity contribution >= 4 is 37.0 Å². The van der Waals surface area contributed by atoms with Crippen LogP contribution in [0.15, 0.2) is 116 Å². The molecule has 2 aromatic heterocycles. The fourth-order valence-electron chi connectivity index (χ4n) is 4.42. The molecule has 6 heteroatoms. The average Bonchev–Trinajstić information content (AvgIpc) is 2.94. The van der Waals surface area contributed by atoms with Crippen LogP contribution in [0, 0.1) is 13.8 Å². The maximum absolute atomic E-state index is 6.47. The highest BCUT2D eigenvalue weighted by molar-refractivity contribution is 6.40. The van der Waals surface area contributed by atoms with Gasteiger partial charge in [-0.25, -0.2) is 0 Å². The van der Waals surface area contributed by atoms with E-state index in [1.165, 1.54) is 0 Å². The number of hydrogen-bond donors (Lipinski definition) is 0. The maximum Gasteiger partial charge on any atom is 1.20 e. The number of hydrogen-bond acceptors (Lipinski definition) is 5. The van der Waals surface area contributed by atoms with Crippen LogP contribution in [0.25, 0.3) is 32.9 Å². The van der Waals surface area contributed by atoms with Crippen molar-refractivity contribution < 1.29 is 11.4 Å². The second kappa shape index (κ2) is 10.6. The van der Waals surface area contributed by atoms with E-state index in [9.17, 15) is 0 Å². The van der Waals surface area contributed by atoms with Crippen molar-refractivity contribution in [2.75, 3.05) is 0 Å². The predicted molar refractivity (Wildman–Crippen MR) is 152 cm³/mol. The van der Waals surface area contributed by atoms with E-state index >= 15 is 0 Å². The van der Waals surface area contributed by atoms with E-state index in [1.807, 2.05) is 105 Å². The van der Waals surface area contributed by atoms with Crippen LogP contribution in [0.2, 0.25) is 0 Å². The minimum Gasteiger partial charge on any atom is -0.577 e. The molecule has 0 unspecified atom stereocenters. The highest BCUT2D eigenvalue weighted by atomic mass is 27.3. The van der Waals surface area contributed by atoms with Crippen molar-refractivity contribution in [3.05, 3.63) is 127 Å². The quantitative estimate of drug-likeness (QED) is 0.206. The Bertz CT molecular complexity index is 1640. The van der Waals surface area contributed by atoms with Crippen molar-refractivity contribution in [2.24, 2.45) is 0 Å². The number of aryl methyl sites for hydroxylation is 2. The molecule has 184 valence electrons. The SMILES string of the molecule is Cc1cnc2c([O][Al]([O]c3ccc(-c4ccccc4)cc3)[O]c3cccc4cc(C)cnc34)cccc2c1. The molecular formula is C32H25AlN2O3. The maximum atomic E-state index is 6.47. The van der Waals surface area contributed by atoms with Crippen LogP contribution in [0.4, 0.5) is 0 Å². The third-order valence-electron chi connectivity index (χ3n) is 6.26. The van der Waals surface area contributed by atoms with Gasteiger partial charge in [0.15, 0.2) is 0 Å². The van der Waals surface area contributed by atoms with Crippen LogP contribution in [0.3, 0.4) is 0 Å². The third-order valence-corrected chi connectivity index (χ3v) is 7.62. The molecule has 0 spiro atoms. The summed E-state index contributed by atoms with van der Waals surface area (Å²) in [7, 11) is 0. The highest BCUT2D eigenvalue weighted by Gasteiger charge is 2.45. The first-order valence-corrected chi connectivity index (χ1v) is 13.9. The van der Waals surface area contributed by atoms with E-state index in [4.69, 9.17) is 11.4 Å². The molecule has 6 rings (SSSR count). The van der Waals surface area contributed by atoms with Crippen LogP contribution >= 0.6 is 0 Å². The van der Waals surface area contributed by atoms with Gasteiger partial charge in [-0.3, -0.25) is 9.97 Å². The summed E-state index contributed by atoms with van der Waals surface area (Å²) in [6, 6.07) is 34.2. The Hall–Kier alpha value is -4.37. The molecule has 0 saturated carbocycles. The summed E-state index contributed by atoms with van der Waals surface area (Å²) in [6.07, 6.45) is 3.68. The Morgan fingerprint density at radius 2 is 1.05 bits per heavy atom. The molecule has 0 aliphatic carbocycles. The number of pyridine rings is 2. The molecule has 0 radical (unpaired) electrons. The Labute approximate surface area is 226 Å². The van der Waals surface area contributed by atoms with Crippen LogP contribution in [-0.4, -0.2) is 25.1 Å². The zero-order valence-electron chi connectivity index (χ0n) is 21.2. The zero-order chi connectivity index (χ0) is 25.9. The lowest BCUT2D eigenvalue weighted by atomic mass is 10.1. The molecule has 0 fully saturated rings. The summed E-state index contributed by atoms with van der Waals surface area (Å²) in [5, 5.41) is 2.01. The average molecular weight is 513 g/mol. The van der Waals surface area contributed by atoms with E-state index < -0.39 is 15.1 Å². The lowest BCUT2D eigenvalue weighted by Gasteiger charge is -2.18. The second-order valence-electron chi connectivity index (χ2n) is 9.21. The Morgan fingerprint density at radius 3 is 1.61 bits per heavy atom. The molecule has 0 N–H and O–H groups in total. The van der Waals surface area contributed by atoms with E-state index in [0.717, 1.165) is 44.1 Å². The molecule has 0 atom stereocenters. The van der Waals surface area contributed by atoms with Crippen molar-refractivity contribution in [1.29, 1.82) is 0 Å². The van der Waals surface area contributed by atoms with Crippen LogP contribution in [0.5, 0.6) is 17.2 Å². The Kier molecular flexibility index (Phi) is 6.66. The molecule has 0 aliphatic heterocycles. The molecule has 0 amide bonds. The van der Waals surface area contributed by atoms with Gasteiger partial charge in [-0.05, 0) is 72.5 Å². The standard InChI is InChI=1S/C12H10O.2C10H9NO.Al/c13-12-8-6-11(7-9-12)10-4-2-1-3-5-10;2*1-7-5-8-3-2-4-9(12)10(8)11-6-7;/h1-9,13H;2*2-6,12H,1H3;/q;;;+3/p-3. The summed E-state index contributed by atoms with van der Waals surface area (Å²) < 4.78 is 19.3. The zero-order valence-corrected chi connectivity index (χ0v) is 22.3. The van der Waals surface area contributed by atoms with Gasteiger partial charge >= 0.3 is 15.1 Å². The lowest BCUT2D eigenvalue weighted by Crippen LogP contribution is -2.37. The number of rotatable bonds is 7. The first kappa shape index (κ1) is 24.0. The second-order valence-corrected chi connectivity index (χ2v) is 10.5. The van der Waals surface area contributed by atoms with Gasteiger partial charge in [-0.1, -0.05) is 66.7 Å². The molecule has 0 bridgehead atoms. The van der Waals surface area contributed by atoms with Gasteiger partial charge in [0, 0.05) is 23.2 Å². The van der Waals surface area contributed by atoms with Gasteiger partial charge in [-0.15, -0.1) is 0 Å². The topological polar surface area (TPSA) is 53.5 Å². The minimum atomic E-state index is -2.82. The lowest BCUT2D eigenvalue weighted by molar-refractivity contribution is 0.310. The van der Waals surface area contributed by atoms with Crippen molar-refractivity contribution in [2.45, 2.75) is 13.8 Å². The fourth-order valence-corrected chi connectivity index (χ4v) is 5.74. The first-order valence-electron chi connectivity index (χ1n) is 12.5. The predicted octanol–water partition coefficient (Wildman–Crippen LogP) is 7.59. The van der Waals surface area contributed by atoms with Crippen molar-refractivity contribution in [3.8, 4) is 28.4 Å². The number of fused-ring (bicyclic) bond motifs is 2. The van der Waals surface area contributed by atoms with Gasteiger partial charge in [0.25, 0.3) is 0 Å². The van der Waals surface area contributed by atoms with Gasteiger partial charge in [-0.2, -0.15) is 0 Å². The molecule has 0 aliphatic rings. The van der Waals surface area contributed by atoms with Gasteiger partial charge in [0.2, 0.25) is 0 Å². The third kappa shape index (κ3) is 5.19. The van der Waals surface area contributed by atoms with E-state index in [2.05, 4.69) is 34.2 Å². The van der Waals surface area contributed by atoms with E-state index in [1.54, 1.807) is 0 Å². The number of para-hydroxylation sites is 2. The summed E-state index contributed by atoms with van der Waals surface area (Å²) in [5.74, 6) is 1.93. The van der Waals surface area contributed by atoms with Gasteiger partial charge in [0.05, 0.1) is 5.75 Å². The number of aromatic nitrogens is 2. The Morgan fingerprint density at radius 1 is 0.526 bits per heavy atom. The molecular weight excluding hydrogens is 487 g/mol. The van der Waals surface area contributed by atoms with Crippen LogP contribution < -0.4 is 11.4 Å². The highest BCUT2D eigenvalue weighted by Crippen LogP contribution is 2.29. The molecule has 38 heavy (non-hydrogen) atoms. The summed E-state index contributed by atoms with van der Waals surface area (Å²) in [4.78, 5) is 9.25. The monoisotopic (exact) mass is 512 g/mol. The van der Waals surface area contributed by atoms with E-state index in [-0.39, 0.29) is 0 Å². The smallest absolute Gasteiger partial charge is 0.577 e. The van der Waals surface area contributed by atoms with Crippen LogP contribution in [-0.2, 0) is 0 Å². The van der Waals surface area contributed by atoms with Crippen molar-refractivity contribution in [3.63, 3.8) is 0 Å². The molecule has 5 nitrogen and oxygen atoms in total. The normalized spacial score (nSPS) is 10.9. The Balaban J connectivity index is 1.34. The molecule has 4 aromatic carbocycles. The van der Waals surface area contributed by atoms with Crippen molar-refractivity contribution in [1.82, 2.24) is 9.97 Å². The summed E-state index contributed by atoms with van der Waals surface area (Å²) in [5.41, 5.74) is 5.98. The van der Waals surface area contributed by atoms with Gasteiger partial charge < -0.3 is 11.4 Å². The van der Waals surface area contributed by atoms with Crippen LogP contribution in [0.1, 0.15) is 11.1 Å². The largest absolute Gasteiger partial charge is 1.20 e. The molecule has 0 saturated heterocycles. The first-order chi connectivity index (χ1) is 18.6. The van der Waals surface area contributed by atoms with Gasteiger partial charge in [0.1, 0.15) is 22.5 Å². The number of nitrogens with zero attached hydrogens (tertiary/aromatic N) is 2. The summed E-state index contributed by atoms with van der Waals surface area (Å²) >= 11 is -2.82. The fraction of sp³-hybridized carbons (Fsp3) is 0.0625. The summed E-state index contributed by atoms with van der Waals surface area (Å²) in [6.45, 7) is 4.05. The minimum absolute atomic E-state index is 0.629. The molecule has 2 heterocycles. The number of benzene rings is 4.